The van der Waals surface area contributed by atoms with Crippen LogP contribution >= 0.6 is 0 Å². The highest BCUT2D eigenvalue weighted by Gasteiger charge is 2.24. The van der Waals surface area contributed by atoms with E-state index in [4.69, 9.17) is 0 Å². The van der Waals surface area contributed by atoms with Crippen molar-refractivity contribution in [3.8, 4) is 0 Å². The number of nitrogens with zero attached hydrogens (tertiary/aromatic N) is 3. The molecular weight excluding hydrogens is 280 g/mol. The van der Waals surface area contributed by atoms with Crippen molar-refractivity contribution in [1.29, 1.82) is 0 Å². The third-order valence-corrected chi connectivity index (χ3v) is 4.05. The van der Waals surface area contributed by atoms with E-state index in [0.29, 0.717) is 11.9 Å². The predicted octanol–water partition coefficient (Wildman–Crippen LogP) is 1.59. The van der Waals surface area contributed by atoms with E-state index in [0.717, 1.165) is 16.3 Å². The molecule has 3 aromatic rings. The third-order valence-electron chi connectivity index (χ3n) is 4.05. The highest BCUT2D eigenvalue weighted by Crippen LogP contribution is 2.30. The molecule has 0 aliphatic carbocycles. The number of rotatable bonds is 3. The van der Waals surface area contributed by atoms with Gasteiger partial charge in [0.15, 0.2) is 0 Å². The SMILES string of the molecule is CCC(C(=O)NC)n1c2ccccc2c2cnn(C)c(=O)c21. The summed E-state index contributed by atoms with van der Waals surface area (Å²) in [7, 11) is 3.23. The quantitative estimate of drug-likeness (QED) is 0.798. The minimum atomic E-state index is -0.428. The number of amides is 1. The van der Waals surface area contributed by atoms with Crippen molar-refractivity contribution < 1.29 is 4.79 Å². The zero-order valence-corrected chi connectivity index (χ0v) is 12.8. The van der Waals surface area contributed by atoms with Crippen molar-refractivity contribution in [3.63, 3.8) is 0 Å². The second-order valence-electron chi connectivity index (χ2n) is 5.26. The summed E-state index contributed by atoms with van der Waals surface area (Å²) in [6.45, 7) is 1.94. The first kappa shape index (κ1) is 14.3. The Hall–Kier alpha value is -2.63. The Morgan fingerprint density at radius 2 is 2.05 bits per heavy atom. The molecule has 1 amide bonds. The minimum Gasteiger partial charge on any atom is -0.357 e. The van der Waals surface area contributed by atoms with Crippen LogP contribution in [0, 0.1) is 0 Å². The van der Waals surface area contributed by atoms with E-state index in [2.05, 4.69) is 10.4 Å². The zero-order valence-electron chi connectivity index (χ0n) is 12.8. The second-order valence-corrected chi connectivity index (χ2v) is 5.26. The lowest BCUT2D eigenvalue weighted by Crippen LogP contribution is -2.31. The van der Waals surface area contributed by atoms with Gasteiger partial charge >= 0.3 is 0 Å². The van der Waals surface area contributed by atoms with E-state index >= 15 is 0 Å². The monoisotopic (exact) mass is 298 g/mol. The van der Waals surface area contributed by atoms with Crippen molar-refractivity contribution in [3.05, 3.63) is 40.8 Å². The Labute approximate surface area is 127 Å². The van der Waals surface area contributed by atoms with Crippen LogP contribution in [0.4, 0.5) is 0 Å². The van der Waals surface area contributed by atoms with Crippen LogP contribution in [-0.2, 0) is 11.8 Å². The summed E-state index contributed by atoms with van der Waals surface area (Å²) >= 11 is 0. The van der Waals surface area contributed by atoms with Crippen molar-refractivity contribution >= 4 is 27.7 Å². The molecule has 1 atom stereocenters. The third kappa shape index (κ3) is 1.91. The first-order valence-electron chi connectivity index (χ1n) is 7.26. The van der Waals surface area contributed by atoms with E-state index in [1.54, 1.807) is 20.3 Å². The van der Waals surface area contributed by atoms with Crippen molar-refractivity contribution in [1.82, 2.24) is 19.7 Å². The molecule has 0 saturated heterocycles. The lowest BCUT2D eigenvalue weighted by Gasteiger charge is -2.18. The van der Waals surface area contributed by atoms with E-state index in [-0.39, 0.29) is 11.5 Å². The Bertz CT molecular complexity index is 923. The van der Waals surface area contributed by atoms with E-state index in [9.17, 15) is 9.59 Å². The smallest absolute Gasteiger partial charge is 0.291 e. The van der Waals surface area contributed by atoms with Gasteiger partial charge < -0.3 is 9.88 Å². The highest BCUT2D eigenvalue weighted by molar-refractivity contribution is 6.08. The van der Waals surface area contributed by atoms with Crippen molar-refractivity contribution in [2.45, 2.75) is 19.4 Å². The van der Waals surface area contributed by atoms with Crippen LogP contribution in [0.25, 0.3) is 21.8 Å². The van der Waals surface area contributed by atoms with E-state index in [1.807, 2.05) is 35.8 Å². The summed E-state index contributed by atoms with van der Waals surface area (Å²) in [5.41, 5.74) is 1.20. The summed E-state index contributed by atoms with van der Waals surface area (Å²) in [6, 6.07) is 7.28. The van der Waals surface area contributed by atoms with E-state index in [1.165, 1.54) is 4.68 Å². The molecule has 0 radical (unpaired) electrons. The predicted molar refractivity (Wildman–Crippen MR) is 85.9 cm³/mol. The van der Waals surface area contributed by atoms with Crippen LogP contribution in [0.3, 0.4) is 0 Å². The first-order valence-corrected chi connectivity index (χ1v) is 7.26. The van der Waals surface area contributed by atoms with Gasteiger partial charge in [-0.25, -0.2) is 4.68 Å². The molecular formula is C16H18N4O2. The van der Waals surface area contributed by atoms with Gasteiger partial charge in [0.2, 0.25) is 5.91 Å². The molecule has 0 aliphatic rings. The summed E-state index contributed by atoms with van der Waals surface area (Å²) in [6.07, 6.45) is 2.28. The minimum absolute atomic E-state index is 0.107. The van der Waals surface area contributed by atoms with Gasteiger partial charge in [0.05, 0.1) is 11.7 Å². The summed E-state index contributed by atoms with van der Waals surface area (Å²) in [4.78, 5) is 24.9. The summed E-state index contributed by atoms with van der Waals surface area (Å²) in [5.74, 6) is -0.107. The Kier molecular flexibility index (Phi) is 3.44. The summed E-state index contributed by atoms with van der Waals surface area (Å²) in [5, 5.41) is 8.51. The average molecular weight is 298 g/mol. The number of benzene rings is 1. The number of carbonyl (C=O) groups excluding carboxylic acids is 1. The van der Waals surface area contributed by atoms with Gasteiger partial charge in [-0.05, 0) is 12.5 Å². The molecule has 114 valence electrons. The molecule has 1 aromatic carbocycles. The second kappa shape index (κ2) is 5.29. The largest absolute Gasteiger partial charge is 0.357 e. The van der Waals surface area contributed by atoms with Crippen LogP contribution in [0.15, 0.2) is 35.3 Å². The lowest BCUT2D eigenvalue weighted by atomic mass is 10.2. The molecule has 6 heteroatoms. The number of para-hydroxylation sites is 1. The number of likely N-dealkylation sites (N-methyl/N-ethyl adjacent to an activating group) is 1. The number of fused-ring (bicyclic) bond motifs is 3. The average Bonchev–Trinajstić information content (AvgIpc) is 2.87. The topological polar surface area (TPSA) is 68.9 Å². The fourth-order valence-corrected chi connectivity index (χ4v) is 2.96. The summed E-state index contributed by atoms with van der Waals surface area (Å²) < 4.78 is 3.14. The molecule has 2 heterocycles. The molecule has 0 aliphatic heterocycles. The molecule has 1 N–H and O–H groups in total. The molecule has 0 bridgehead atoms. The number of hydrogen-bond acceptors (Lipinski definition) is 3. The molecule has 0 spiro atoms. The maximum absolute atomic E-state index is 12.6. The van der Waals surface area contributed by atoms with Gasteiger partial charge in [0.1, 0.15) is 11.6 Å². The number of hydrogen-bond donors (Lipinski definition) is 1. The van der Waals surface area contributed by atoms with Gasteiger partial charge in [-0.15, -0.1) is 0 Å². The zero-order chi connectivity index (χ0) is 15.9. The van der Waals surface area contributed by atoms with Crippen LogP contribution in [0.2, 0.25) is 0 Å². The molecule has 1 unspecified atom stereocenters. The Morgan fingerprint density at radius 1 is 1.32 bits per heavy atom. The van der Waals surface area contributed by atoms with Crippen LogP contribution in [0.5, 0.6) is 0 Å². The standard InChI is InChI=1S/C16H18N4O2/c1-4-12(15(21)17-2)20-13-8-6-5-7-10(13)11-9-18-19(3)16(22)14(11)20/h5-9,12H,4H2,1-3H3,(H,17,21). The Balaban J connectivity index is 2.51. The van der Waals surface area contributed by atoms with Crippen molar-refractivity contribution in [2.75, 3.05) is 7.05 Å². The van der Waals surface area contributed by atoms with Crippen LogP contribution in [0.1, 0.15) is 19.4 Å². The highest BCUT2D eigenvalue weighted by atomic mass is 16.2. The molecule has 0 fully saturated rings. The molecule has 0 saturated carbocycles. The maximum atomic E-state index is 12.6. The van der Waals surface area contributed by atoms with Gasteiger partial charge in [0, 0.05) is 24.9 Å². The molecule has 2 aromatic heterocycles. The van der Waals surface area contributed by atoms with Crippen LogP contribution < -0.4 is 10.9 Å². The van der Waals surface area contributed by atoms with Crippen molar-refractivity contribution in [2.24, 2.45) is 7.05 Å². The van der Waals surface area contributed by atoms with Gasteiger partial charge in [-0.2, -0.15) is 5.10 Å². The molecule has 22 heavy (non-hydrogen) atoms. The number of nitrogens with one attached hydrogen (secondary N) is 1. The molecule has 6 nitrogen and oxygen atoms in total. The van der Waals surface area contributed by atoms with Gasteiger partial charge in [-0.3, -0.25) is 9.59 Å². The van der Waals surface area contributed by atoms with E-state index < -0.39 is 6.04 Å². The van der Waals surface area contributed by atoms with Crippen LogP contribution in [-0.4, -0.2) is 27.3 Å². The fraction of sp³-hybridized carbons (Fsp3) is 0.312. The lowest BCUT2D eigenvalue weighted by molar-refractivity contribution is -0.123. The maximum Gasteiger partial charge on any atom is 0.291 e. The number of aryl methyl sites for hydroxylation is 1. The number of aromatic nitrogens is 3. The Morgan fingerprint density at radius 3 is 2.73 bits per heavy atom. The molecule has 3 rings (SSSR count). The number of carbonyl (C=O) groups is 1. The van der Waals surface area contributed by atoms with Gasteiger partial charge in [-0.1, -0.05) is 25.1 Å². The normalized spacial score (nSPS) is 12.7. The van der Waals surface area contributed by atoms with Gasteiger partial charge in [0.25, 0.3) is 5.56 Å². The first-order chi connectivity index (χ1) is 10.6. The fourth-order valence-electron chi connectivity index (χ4n) is 2.96.